The minimum absolute atomic E-state index is 0. The molecule has 0 atom stereocenters. The Bertz CT molecular complexity index is 151. The molecule has 0 N–H and O–H groups in total. The van der Waals surface area contributed by atoms with E-state index in [4.69, 9.17) is 0 Å². The van der Waals surface area contributed by atoms with Gasteiger partial charge in [0.1, 0.15) is 0 Å². The van der Waals surface area contributed by atoms with Crippen molar-refractivity contribution in [3.63, 3.8) is 0 Å². The van der Waals surface area contributed by atoms with Crippen molar-refractivity contribution in [3.05, 3.63) is 0 Å². The van der Waals surface area contributed by atoms with Crippen molar-refractivity contribution in [3.8, 4) is 0 Å². The summed E-state index contributed by atoms with van der Waals surface area (Å²) in [6.45, 7) is 0.499. The van der Waals surface area contributed by atoms with Crippen molar-refractivity contribution in [1.82, 2.24) is 4.90 Å². The Hall–Kier alpha value is 1.45. The largest absolute Gasteiger partial charge is 1.00 e. The van der Waals surface area contributed by atoms with Gasteiger partial charge < -0.3 is 17.8 Å². The zero-order valence-electron chi connectivity index (χ0n) is 7.78. The number of hydrogen-bond acceptors (Lipinski definition) is 1. The summed E-state index contributed by atoms with van der Waals surface area (Å²) in [5, 5.41) is 0. The zero-order chi connectivity index (χ0) is 8.70. The molecular formula is C6H12BF3KN. The molecule has 0 aromatic rings. The molecule has 1 aliphatic rings. The van der Waals surface area contributed by atoms with Gasteiger partial charge in [0.15, 0.2) is 0 Å². The molecule has 0 aromatic heterocycles. The molecule has 6 heteroatoms. The Kier molecular flexibility index (Phi) is 4.84. The smallest absolute Gasteiger partial charge is 0.448 e. The van der Waals surface area contributed by atoms with Gasteiger partial charge in [0.25, 0.3) is 0 Å². The van der Waals surface area contributed by atoms with Gasteiger partial charge in [-0.2, -0.15) is 0 Å². The third-order valence-corrected chi connectivity index (χ3v) is 1.77. The summed E-state index contributed by atoms with van der Waals surface area (Å²) in [5.74, 6) is 0. The maximum atomic E-state index is 11.8. The fraction of sp³-hybridized carbons (Fsp3) is 1.00. The summed E-state index contributed by atoms with van der Waals surface area (Å²) in [6.07, 6.45) is -0.691. The molecule has 12 heavy (non-hydrogen) atoms. The number of rotatable bonds is 2. The average Bonchev–Trinajstić information content (AvgIpc) is 1.53. The van der Waals surface area contributed by atoms with Gasteiger partial charge in [0.05, 0.1) is 0 Å². The summed E-state index contributed by atoms with van der Waals surface area (Å²) >= 11 is 0. The summed E-state index contributed by atoms with van der Waals surface area (Å²) in [5.41, 5.74) is 0.0985. The van der Waals surface area contributed by atoms with Crippen molar-refractivity contribution < 1.29 is 64.3 Å². The molecule has 0 unspecified atom stereocenters. The molecule has 1 fully saturated rings. The van der Waals surface area contributed by atoms with Gasteiger partial charge in [-0.1, -0.05) is 13.8 Å². The van der Waals surface area contributed by atoms with Crippen LogP contribution in [0.25, 0.3) is 0 Å². The van der Waals surface area contributed by atoms with Crippen LogP contribution in [0, 0.1) is 5.41 Å². The quantitative estimate of drug-likeness (QED) is 0.507. The van der Waals surface area contributed by atoms with Crippen LogP contribution in [0.4, 0.5) is 12.9 Å². The minimum atomic E-state index is -4.61. The van der Waals surface area contributed by atoms with Gasteiger partial charge in [-0.3, -0.25) is 0 Å². The van der Waals surface area contributed by atoms with Gasteiger partial charge >= 0.3 is 58.4 Å². The van der Waals surface area contributed by atoms with Crippen LogP contribution >= 0.6 is 0 Å². The molecule has 0 aromatic carbocycles. The Morgan fingerprint density at radius 3 is 1.92 bits per heavy atom. The molecule has 1 rings (SSSR count). The van der Waals surface area contributed by atoms with Gasteiger partial charge in [-0.25, -0.2) is 0 Å². The topological polar surface area (TPSA) is 3.24 Å². The van der Waals surface area contributed by atoms with E-state index in [1.807, 2.05) is 13.8 Å². The first-order valence-corrected chi connectivity index (χ1v) is 3.72. The van der Waals surface area contributed by atoms with Gasteiger partial charge in [0, 0.05) is 13.1 Å². The molecule has 1 saturated heterocycles. The fourth-order valence-corrected chi connectivity index (χ4v) is 1.59. The van der Waals surface area contributed by atoms with Crippen molar-refractivity contribution in [1.29, 1.82) is 0 Å². The van der Waals surface area contributed by atoms with Crippen LogP contribution in [0.1, 0.15) is 13.8 Å². The molecule has 0 aliphatic carbocycles. The maximum Gasteiger partial charge on any atom is 1.00 e. The number of halogens is 3. The van der Waals surface area contributed by atoms with E-state index in [-0.39, 0.29) is 56.8 Å². The van der Waals surface area contributed by atoms with E-state index in [1.54, 1.807) is 0 Å². The molecule has 0 amide bonds. The van der Waals surface area contributed by atoms with E-state index in [0.717, 1.165) is 0 Å². The summed E-state index contributed by atoms with van der Waals surface area (Å²) < 4.78 is 35.4. The van der Waals surface area contributed by atoms with Crippen molar-refractivity contribution >= 4 is 6.98 Å². The molecule has 1 nitrogen and oxygen atoms in total. The van der Waals surface area contributed by atoms with E-state index >= 15 is 0 Å². The molecule has 1 aliphatic heterocycles. The van der Waals surface area contributed by atoms with Crippen LogP contribution in [-0.2, 0) is 0 Å². The molecule has 66 valence electrons. The van der Waals surface area contributed by atoms with Crippen molar-refractivity contribution in [2.75, 3.05) is 19.5 Å². The monoisotopic (exact) mass is 205 g/mol. The first-order chi connectivity index (χ1) is 4.79. The molecule has 0 saturated carbocycles. The first kappa shape index (κ1) is 13.5. The fourth-order valence-electron chi connectivity index (χ4n) is 1.59. The standard InChI is InChI=1S/C6H12BF3N.K/c1-6(2)3-11(4-6)5-7(8,9)10;/h3-5H2,1-2H3;/q-1;+1. The Balaban J connectivity index is 0.00000121. The Morgan fingerprint density at radius 2 is 1.67 bits per heavy atom. The molecule has 0 spiro atoms. The van der Waals surface area contributed by atoms with Crippen LogP contribution in [0.2, 0.25) is 0 Å². The van der Waals surface area contributed by atoms with Crippen molar-refractivity contribution in [2.24, 2.45) is 5.41 Å². The second-order valence-corrected chi connectivity index (χ2v) is 4.04. The minimum Gasteiger partial charge on any atom is -0.448 e. The SMILES string of the molecule is CC1(C)CN(C[B-](F)(F)F)C1.[K+]. The van der Waals surface area contributed by atoms with Gasteiger partial charge in [-0.15, -0.1) is 0 Å². The molecule has 1 heterocycles. The second kappa shape index (κ2) is 4.32. The molecule has 0 bridgehead atoms. The number of hydrogen-bond donors (Lipinski definition) is 0. The van der Waals surface area contributed by atoms with E-state index in [9.17, 15) is 12.9 Å². The van der Waals surface area contributed by atoms with Crippen LogP contribution in [0.5, 0.6) is 0 Å². The van der Waals surface area contributed by atoms with E-state index in [2.05, 4.69) is 0 Å². The predicted molar refractivity (Wildman–Crippen MR) is 39.3 cm³/mol. The Morgan fingerprint density at radius 1 is 1.25 bits per heavy atom. The number of likely N-dealkylation sites (tertiary alicyclic amines) is 1. The van der Waals surface area contributed by atoms with Crippen LogP contribution in [0.3, 0.4) is 0 Å². The van der Waals surface area contributed by atoms with E-state index in [1.165, 1.54) is 4.90 Å². The van der Waals surface area contributed by atoms with E-state index in [0.29, 0.717) is 13.1 Å². The second-order valence-electron chi connectivity index (χ2n) is 4.04. The average molecular weight is 205 g/mol. The third kappa shape index (κ3) is 4.62. The van der Waals surface area contributed by atoms with Crippen LogP contribution in [0.15, 0.2) is 0 Å². The first-order valence-electron chi connectivity index (χ1n) is 3.72. The van der Waals surface area contributed by atoms with E-state index < -0.39 is 13.4 Å². The zero-order valence-corrected chi connectivity index (χ0v) is 10.9. The van der Waals surface area contributed by atoms with Crippen molar-refractivity contribution in [2.45, 2.75) is 13.8 Å². The van der Waals surface area contributed by atoms with Crippen LogP contribution < -0.4 is 51.4 Å². The summed E-state index contributed by atoms with van der Waals surface area (Å²) in [4.78, 5) is 1.44. The van der Waals surface area contributed by atoms with Gasteiger partial charge in [-0.05, 0) is 11.9 Å². The summed E-state index contributed by atoms with van der Waals surface area (Å²) in [7, 11) is 0. The molecule has 0 radical (unpaired) electrons. The maximum absolute atomic E-state index is 11.8. The predicted octanol–water partition coefficient (Wildman–Crippen LogP) is -1.28. The third-order valence-electron chi connectivity index (χ3n) is 1.77. The van der Waals surface area contributed by atoms with Crippen LogP contribution in [-0.4, -0.2) is 31.4 Å². The molecular weight excluding hydrogens is 193 g/mol. The summed E-state index contributed by atoms with van der Waals surface area (Å²) in [6, 6.07) is 0. The normalized spacial score (nSPS) is 22.8. The van der Waals surface area contributed by atoms with Gasteiger partial charge in [0.2, 0.25) is 0 Å². The Labute approximate surface area is 114 Å². The number of nitrogens with zero attached hydrogens (tertiary/aromatic N) is 1.